The minimum absolute atomic E-state index is 0.495. The summed E-state index contributed by atoms with van der Waals surface area (Å²) >= 11 is 0. The Morgan fingerprint density at radius 3 is 2.64 bits per heavy atom. The third-order valence-electron chi connectivity index (χ3n) is 3.60. The minimum atomic E-state index is 0.495. The van der Waals surface area contributed by atoms with Gasteiger partial charge in [-0.1, -0.05) is 32.1 Å². The van der Waals surface area contributed by atoms with Crippen molar-refractivity contribution in [1.82, 2.24) is 5.32 Å². The van der Waals surface area contributed by atoms with E-state index in [4.69, 9.17) is 4.74 Å². The number of hydrogen-bond donors (Lipinski definition) is 1. The first-order valence-corrected chi connectivity index (χ1v) is 6.19. The minimum Gasteiger partial charge on any atom is -0.375 e. The number of morpholine rings is 1. The van der Waals surface area contributed by atoms with Crippen LogP contribution in [0.1, 0.15) is 45.4 Å². The van der Waals surface area contributed by atoms with Gasteiger partial charge in [0, 0.05) is 12.6 Å². The number of rotatable bonds is 2. The highest BCUT2D eigenvalue weighted by molar-refractivity contribution is 4.77. The van der Waals surface area contributed by atoms with Crippen LogP contribution in [0.3, 0.4) is 0 Å². The van der Waals surface area contributed by atoms with E-state index in [-0.39, 0.29) is 0 Å². The van der Waals surface area contributed by atoms with E-state index in [0.29, 0.717) is 12.1 Å². The molecule has 1 heterocycles. The third-order valence-corrected chi connectivity index (χ3v) is 3.60. The molecule has 1 aliphatic heterocycles. The Hall–Kier alpha value is -0.0800. The lowest BCUT2D eigenvalue weighted by Gasteiger charge is -2.32. The van der Waals surface area contributed by atoms with E-state index < -0.39 is 0 Å². The normalized spacial score (nSPS) is 35.8. The first-order chi connectivity index (χ1) is 6.84. The van der Waals surface area contributed by atoms with E-state index in [1.54, 1.807) is 0 Å². The van der Waals surface area contributed by atoms with E-state index in [9.17, 15) is 0 Å². The predicted octanol–water partition coefficient (Wildman–Crippen LogP) is 2.33. The van der Waals surface area contributed by atoms with Crippen LogP contribution < -0.4 is 5.32 Å². The molecule has 1 N–H and O–H groups in total. The van der Waals surface area contributed by atoms with E-state index in [1.807, 2.05) is 0 Å². The molecule has 1 saturated heterocycles. The lowest BCUT2D eigenvalue weighted by atomic mass is 9.85. The molecule has 2 rings (SSSR count). The van der Waals surface area contributed by atoms with E-state index in [2.05, 4.69) is 12.2 Å². The predicted molar refractivity (Wildman–Crippen MR) is 58.4 cm³/mol. The van der Waals surface area contributed by atoms with Gasteiger partial charge >= 0.3 is 0 Å². The van der Waals surface area contributed by atoms with E-state index in [1.165, 1.54) is 38.5 Å². The fraction of sp³-hybridized carbons (Fsp3) is 1.00. The molecule has 0 bridgehead atoms. The molecule has 14 heavy (non-hydrogen) atoms. The molecule has 0 aromatic carbocycles. The largest absolute Gasteiger partial charge is 0.375 e. The molecule has 2 nitrogen and oxygen atoms in total. The molecule has 1 aliphatic carbocycles. The van der Waals surface area contributed by atoms with Gasteiger partial charge in [-0.05, 0) is 19.3 Å². The van der Waals surface area contributed by atoms with E-state index >= 15 is 0 Å². The van der Waals surface area contributed by atoms with Gasteiger partial charge in [-0.3, -0.25) is 0 Å². The highest BCUT2D eigenvalue weighted by Gasteiger charge is 2.22. The van der Waals surface area contributed by atoms with Crippen molar-refractivity contribution in [3.63, 3.8) is 0 Å². The van der Waals surface area contributed by atoms with Gasteiger partial charge in [0.1, 0.15) is 0 Å². The summed E-state index contributed by atoms with van der Waals surface area (Å²) in [6, 6.07) is 0.553. The van der Waals surface area contributed by atoms with Crippen molar-refractivity contribution >= 4 is 0 Å². The molecule has 2 unspecified atom stereocenters. The zero-order valence-corrected chi connectivity index (χ0v) is 9.30. The molecule has 0 amide bonds. The van der Waals surface area contributed by atoms with Gasteiger partial charge in [0.05, 0.1) is 12.7 Å². The Labute approximate surface area is 87.4 Å². The maximum absolute atomic E-state index is 5.83. The first-order valence-electron chi connectivity index (χ1n) is 6.19. The fourth-order valence-electron chi connectivity index (χ4n) is 2.68. The van der Waals surface area contributed by atoms with Crippen LogP contribution in [0, 0.1) is 5.92 Å². The number of hydrogen-bond acceptors (Lipinski definition) is 2. The molecule has 0 spiro atoms. The first kappa shape index (κ1) is 10.4. The molecule has 1 saturated carbocycles. The van der Waals surface area contributed by atoms with Crippen LogP contribution in [0.15, 0.2) is 0 Å². The van der Waals surface area contributed by atoms with Crippen LogP contribution in [-0.2, 0) is 4.74 Å². The Balaban J connectivity index is 1.68. The monoisotopic (exact) mass is 197 g/mol. The SMILES string of the molecule is CC1COC(CC2CCCCC2)CN1. The molecule has 2 fully saturated rings. The van der Waals surface area contributed by atoms with Crippen LogP contribution >= 0.6 is 0 Å². The maximum atomic E-state index is 5.83. The molecule has 2 atom stereocenters. The molecule has 2 aliphatic rings. The Morgan fingerprint density at radius 1 is 1.21 bits per heavy atom. The second kappa shape index (κ2) is 5.13. The molecular weight excluding hydrogens is 174 g/mol. The smallest absolute Gasteiger partial charge is 0.0703 e. The van der Waals surface area contributed by atoms with Crippen molar-refractivity contribution in [3.8, 4) is 0 Å². The Bertz CT molecular complexity index is 158. The quantitative estimate of drug-likeness (QED) is 0.733. The number of nitrogens with one attached hydrogen (secondary N) is 1. The molecule has 0 aromatic heterocycles. The molecule has 82 valence electrons. The highest BCUT2D eigenvalue weighted by atomic mass is 16.5. The summed E-state index contributed by atoms with van der Waals surface area (Å²) in [7, 11) is 0. The van der Waals surface area contributed by atoms with Crippen molar-refractivity contribution in [3.05, 3.63) is 0 Å². The van der Waals surface area contributed by atoms with Gasteiger partial charge in [-0.2, -0.15) is 0 Å². The van der Waals surface area contributed by atoms with Crippen molar-refractivity contribution in [2.75, 3.05) is 13.2 Å². The molecule has 0 aromatic rings. The average Bonchev–Trinajstić information content (AvgIpc) is 2.23. The van der Waals surface area contributed by atoms with Gasteiger partial charge in [-0.15, -0.1) is 0 Å². The van der Waals surface area contributed by atoms with Crippen LogP contribution in [0.25, 0.3) is 0 Å². The summed E-state index contributed by atoms with van der Waals surface area (Å²) in [5.41, 5.74) is 0. The highest BCUT2D eigenvalue weighted by Crippen LogP contribution is 2.28. The van der Waals surface area contributed by atoms with Gasteiger partial charge in [0.25, 0.3) is 0 Å². The summed E-state index contributed by atoms with van der Waals surface area (Å²) in [6.45, 7) is 4.16. The van der Waals surface area contributed by atoms with Crippen LogP contribution in [0.5, 0.6) is 0 Å². The Kier molecular flexibility index (Phi) is 3.82. The summed E-state index contributed by atoms with van der Waals surface area (Å²) in [5.74, 6) is 0.948. The van der Waals surface area contributed by atoms with Crippen molar-refractivity contribution in [2.45, 2.75) is 57.6 Å². The van der Waals surface area contributed by atoms with Crippen LogP contribution in [0.2, 0.25) is 0 Å². The summed E-state index contributed by atoms with van der Waals surface area (Å²) < 4.78 is 5.83. The van der Waals surface area contributed by atoms with Crippen molar-refractivity contribution in [2.24, 2.45) is 5.92 Å². The van der Waals surface area contributed by atoms with Gasteiger partial charge < -0.3 is 10.1 Å². The summed E-state index contributed by atoms with van der Waals surface area (Å²) in [5, 5.41) is 3.50. The van der Waals surface area contributed by atoms with Crippen molar-refractivity contribution in [1.29, 1.82) is 0 Å². The summed E-state index contributed by atoms with van der Waals surface area (Å²) in [6.07, 6.45) is 9.01. The third kappa shape index (κ3) is 2.96. The van der Waals surface area contributed by atoms with Gasteiger partial charge in [0.2, 0.25) is 0 Å². The zero-order valence-electron chi connectivity index (χ0n) is 9.30. The molecule has 0 radical (unpaired) electrons. The second-order valence-electron chi connectivity index (χ2n) is 5.00. The summed E-state index contributed by atoms with van der Waals surface area (Å²) in [4.78, 5) is 0. The standard InChI is InChI=1S/C12H23NO/c1-10-9-14-12(8-13-10)7-11-5-3-2-4-6-11/h10-13H,2-9H2,1H3. The zero-order chi connectivity index (χ0) is 9.80. The van der Waals surface area contributed by atoms with Gasteiger partial charge in [-0.25, -0.2) is 0 Å². The maximum Gasteiger partial charge on any atom is 0.0703 e. The number of ether oxygens (including phenoxy) is 1. The van der Waals surface area contributed by atoms with Gasteiger partial charge in [0.15, 0.2) is 0 Å². The Morgan fingerprint density at radius 2 is 2.00 bits per heavy atom. The topological polar surface area (TPSA) is 21.3 Å². The molecular formula is C12H23NO. The average molecular weight is 197 g/mol. The fourth-order valence-corrected chi connectivity index (χ4v) is 2.68. The lowest BCUT2D eigenvalue weighted by Crippen LogP contribution is -2.45. The van der Waals surface area contributed by atoms with Crippen LogP contribution in [-0.4, -0.2) is 25.3 Å². The molecule has 2 heteroatoms. The van der Waals surface area contributed by atoms with Crippen molar-refractivity contribution < 1.29 is 4.74 Å². The van der Waals surface area contributed by atoms with E-state index in [0.717, 1.165) is 19.1 Å². The van der Waals surface area contributed by atoms with Crippen LogP contribution in [0.4, 0.5) is 0 Å². The lowest BCUT2D eigenvalue weighted by molar-refractivity contribution is -0.00803. The second-order valence-corrected chi connectivity index (χ2v) is 5.00.